The van der Waals surface area contributed by atoms with Crippen molar-refractivity contribution in [3.8, 4) is 0 Å². The first-order valence-electron chi connectivity index (χ1n) is 8.22. The van der Waals surface area contributed by atoms with Gasteiger partial charge in [0.1, 0.15) is 5.76 Å². The zero-order valence-corrected chi connectivity index (χ0v) is 14.5. The summed E-state index contributed by atoms with van der Waals surface area (Å²) in [6.45, 7) is 9.86. The fourth-order valence-corrected chi connectivity index (χ4v) is 3.70. The van der Waals surface area contributed by atoms with Crippen LogP contribution in [0.25, 0.3) is 0 Å². The molecule has 3 heteroatoms. The topological polar surface area (TPSA) is 43.4 Å². The van der Waals surface area contributed by atoms with Gasteiger partial charge < -0.3 is 4.74 Å². The maximum absolute atomic E-state index is 13.0. The normalized spacial score (nSPS) is 35.3. The number of ether oxygens (including phenoxy) is 1. The number of hydrogen-bond acceptors (Lipinski definition) is 3. The Morgan fingerprint density at radius 2 is 1.91 bits per heavy atom. The van der Waals surface area contributed by atoms with Gasteiger partial charge in [-0.3, -0.25) is 9.59 Å². The Labute approximate surface area is 137 Å². The molecule has 2 aliphatic heterocycles. The molecule has 2 heterocycles. The summed E-state index contributed by atoms with van der Waals surface area (Å²) in [6, 6.07) is 0. The summed E-state index contributed by atoms with van der Waals surface area (Å²) < 4.78 is 6.29. The van der Waals surface area contributed by atoms with Crippen LogP contribution in [0.4, 0.5) is 0 Å². The molecule has 1 aliphatic carbocycles. The summed E-state index contributed by atoms with van der Waals surface area (Å²) in [5.74, 6) is 1.07. The lowest BCUT2D eigenvalue weighted by molar-refractivity contribution is -0.127. The zero-order valence-electron chi connectivity index (χ0n) is 14.5. The van der Waals surface area contributed by atoms with Crippen molar-refractivity contribution in [1.82, 2.24) is 0 Å². The quantitative estimate of drug-likeness (QED) is 0.677. The lowest BCUT2D eigenvalue weighted by Gasteiger charge is -2.28. The summed E-state index contributed by atoms with van der Waals surface area (Å²) in [6.07, 6.45) is 8.74. The van der Waals surface area contributed by atoms with E-state index in [2.05, 4.69) is 26.8 Å². The molecule has 0 saturated carbocycles. The minimum absolute atomic E-state index is 0.00963. The van der Waals surface area contributed by atoms with Crippen molar-refractivity contribution in [2.45, 2.75) is 53.1 Å². The first kappa shape index (κ1) is 16.0. The average molecular weight is 312 g/mol. The van der Waals surface area contributed by atoms with Crippen molar-refractivity contribution in [3.05, 3.63) is 46.8 Å². The van der Waals surface area contributed by atoms with E-state index in [1.807, 2.05) is 19.1 Å². The number of ketones is 2. The molecule has 0 radical (unpaired) electrons. The van der Waals surface area contributed by atoms with Gasteiger partial charge in [0.2, 0.25) is 5.78 Å². The van der Waals surface area contributed by atoms with Crippen LogP contribution in [0.2, 0.25) is 0 Å². The van der Waals surface area contributed by atoms with Gasteiger partial charge in [-0.25, -0.2) is 0 Å². The molecule has 122 valence electrons. The molecule has 0 N–H and O–H groups in total. The van der Waals surface area contributed by atoms with Gasteiger partial charge in [-0.05, 0) is 48.5 Å². The molecule has 0 aromatic heterocycles. The molecule has 2 unspecified atom stereocenters. The highest BCUT2D eigenvalue weighted by atomic mass is 16.5. The maximum Gasteiger partial charge on any atom is 0.210 e. The predicted molar refractivity (Wildman–Crippen MR) is 89.7 cm³/mol. The molecule has 0 amide bonds. The number of carbonyl (C=O) groups is 2. The number of rotatable bonds is 0. The fourth-order valence-electron chi connectivity index (χ4n) is 3.70. The molecule has 0 fully saturated rings. The standard InChI is InChI=1S/C20H24O3/c1-12-8-15-9-13(2)16(21)6-7-19(4,5)11-17-14(3)18(22)20(15,10-12)23-17/h6-9,12H,10-11H2,1-5H3/b7-6?,13-9-. The molecule has 23 heavy (non-hydrogen) atoms. The van der Waals surface area contributed by atoms with Crippen molar-refractivity contribution >= 4 is 11.6 Å². The number of allylic oxidation sites excluding steroid dienone is 5. The molecule has 3 rings (SSSR count). The Balaban J connectivity index is 2.17. The van der Waals surface area contributed by atoms with E-state index in [-0.39, 0.29) is 22.9 Å². The van der Waals surface area contributed by atoms with E-state index in [1.165, 1.54) is 0 Å². The van der Waals surface area contributed by atoms with Gasteiger partial charge in [0, 0.05) is 18.4 Å². The van der Waals surface area contributed by atoms with Crippen LogP contribution in [0.15, 0.2) is 46.8 Å². The third-order valence-corrected chi connectivity index (χ3v) is 5.03. The van der Waals surface area contributed by atoms with Gasteiger partial charge >= 0.3 is 0 Å². The van der Waals surface area contributed by atoms with Crippen molar-refractivity contribution in [2.75, 3.05) is 0 Å². The van der Waals surface area contributed by atoms with Crippen LogP contribution < -0.4 is 0 Å². The van der Waals surface area contributed by atoms with Crippen LogP contribution in [0, 0.1) is 11.3 Å². The molecular weight excluding hydrogens is 288 g/mol. The van der Waals surface area contributed by atoms with E-state index in [9.17, 15) is 9.59 Å². The van der Waals surface area contributed by atoms with Gasteiger partial charge in [0.25, 0.3) is 0 Å². The minimum atomic E-state index is -0.916. The van der Waals surface area contributed by atoms with Crippen LogP contribution in [0.1, 0.15) is 47.5 Å². The summed E-state index contributed by atoms with van der Waals surface area (Å²) in [4.78, 5) is 25.3. The third kappa shape index (κ3) is 2.52. The van der Waals surface area contributed by atoms with E-state index < -0.39 is 5.60 Å². The Morgan fingerprint density at radius 1 is 1.22 bits per heavy atom. The highest BCUT2D eigenvalue weighted by Gasteiger charge is 2.53. The van der Waals surface area contributed by atoms with Crippen LogP contribution >= 0.6 is 0 Å². The summed E-state index contributed by atoms with van der Waals surface area (Å²) in [7, 11) is 0. The van der Waals surface area contributed by atoms with Crippen molar-refractivity contribution in [3.63, 3.8) is 0 Å². The second-order valence-corrected chi connectivity index (χ2v) is 7.80. The summed E-state index contributed by atoms with van der Waals surface area (Å²) in [5.41, 5.74) is 1.05. The van der Waals surface area contributed by atoms with Gasteiger partial charge in [-0.2, -0.15) is 0 Å². The lowest BCUT2D eigenvalue weighted by Crippen LogP contribution is -2.37. The minimum Gasteiger partial charge on any atom is -0.478 e. The van der Waals surface area contributed by atoms with Crippen LogP contribution in [-0.4, -0.2) is 17.2 Å². The smallest absolute Gasteiger partial charge is 0.210 e. The molecule has 0 aromatic rings. The van der Waals surface area contributed by atoms with E-state index in [0.29, 0.717) is 18.4 Å². The lowest BCUT2D eigenvalue weighted by atomic mass is 9.84. The second-order valence-electron chi connectivity index (χ2n) is 7.80. The SMILES string of the molecule is CC1=C2CC(C)(C)C=CC(=O)/C(C)=C\C3=CC(C)CC3(O2)C1=O. The van der Waals surface area contributed by atoms with Gasteiger partial charge in [0.15, 0.2) is 11.4 Å². The van der Waals surface area contributed by atoms with Crippen molar-refractivity contribution in [1.29, 1.82) is 0 Å². The molecule has 2 bridgehead atoms. The number of hydrogen-bond donors (Lipinski definition) is 0. The maximum atomic E-state index is 13.0. The highest BCUT2D eigenvalue weighted by Crippen LogP contribution is 2.48. The average Bonchev–Trinajstić information content (AvgIpc) is 2.88. The molecular formula is C20H24O3. The van der Waals surface area contributed by atoms with Gasteiger partial charge in [0.05, 0.1) is 0 Å². The largest absolute Gasteiger partial charge is 0.478 e. The summed E-state index contributed by atoms with van der Waals surface area (Å²) >= 11 is 0. The molecule has 1 spiro atoms. The second kappa shape index (κ2) is 5.05. The molecule has 0 aromatic carbocycles. The Hall–Kier alpha value is -1.90. The molecule has 0 saturated heterocycles. The van der Waals surface area contributed by atoms with Crippen LogP contribution in [0.5, 0.6) is 0 Å². The first-order valence-corrected chi connectivity index (χ1v) is 8.22. The first-order chi connectivity index (χ1) is 10.6. The van der Waals surface area contributed by atoms with Gasteiger partial charge in [-0.1, -0.05) is 32.9 Å². The summed E-state index contributed by atoms with van der Waals surface area (Å²) in [5, 5.41) is 0. The van der Waals surface area contributed by atoms with E-state index in [4.69, 9.17) is 4.74 Å². The molecule has 3 nitrogen and oxygen atoms in total. The van der Waals surface area contributed by atoms with Gasteiger partial charge in [-0.15, -0.1) is 0 Å². The number of fused-ring (bicyclic) bond motifs is 1. The van der Waals surface area contributed by atoms with Crippen molar-refractivity contribution in [2.24, 2.45) is 11.3 Å². The fraction of sp³-hybridized carbons (Fsp3) is 0.500. The third-order valence-electron chi connectivity index (χ3n) is 5.03. The van der Waals surface area contributed by atoms with Crippen LogP contribution in [0.3, 0.4) is 0 Å². The Morgan fingerprint density at radius 3 is 2.61 bits per heavy atom. The molecule has 3 aliphatic rings. The molecule has 2 atom stereocenters. The Kier molecular flexibility index (Phi) is 3.51. The van der Waals surface area contributed by atoms with Crippen LogP contribution in [-0.2, 0) is 14.3 Å². The number of Topliss-reactive ketones (excluding diaryl/α,β-unsaturated/α-hetero) is 1. The van der Waals surface area contributed by atoms with Crippen molar-refractivity contribution < 1.29 is 14.3 Å². The Bertz CT molecular complexity index is 715. The number of carbonyl (C=O) groups excluding carboxylic acids is 2. The van der Waals surface area contributed by atoms with E-state index in [0.717, 1.165) is 16.9 Å². The van der Waals surface area contributed by atoms with E-state index in [1.54, 1.807) is 13.0 Å². The predicted octanol–water partition coefficient (Wildman–Crippen LogP) is 4.07. The zero-order chi connectivity index (χ0) is 17.0. The highest BCUT2D eigenvalue weighted by molar-refractivity contribution is 6.08. The monoisotopic (exact) mass is 312 g/mol. The van der Waals surface area contributed by atoms with E-state index >= 15 is 0 Å².